The van der Waals surface area contributed by atoms with Gasteiger partial charge in [0.2, 0.25) is 0 Å². The number of aryl methyl sites for hydroxylation is 1. The van der Waals surface area contributed by atoms with Gasteiger partial charge in [-0.3, -0.25) is 9.78 Å². The molecule has 27 heavy (non-hydrogen) atoms. The Morgan fingerprint density at radius 2 is 2.15 bits per heavy atom. The lowest BCUT2D eigenvalue weighted by atomic mass is 10.0. The number of nitrogens with one attached hydrogen (secondary N) is 2. The maximum absolute atomic E-state index is 12.0. The Kier molecular flexibility index (Phi) is 5.07. The van der Waals surface area contributed by atoms with Gasteiger partial charge in [0, 0.05) is 35.8 Å². The molecule has 6 N–H and O–H groups in total. The Labute approximate surface area is 155 Å². The fraction of sp³-hybridized carbons (Fsp3) is 0.105. The third kappa shape index (κ3) is 3.74. The summed E-state index contributed by atoms with van der Waals surface area (Å²) in [5, 5.41) is 11.0. The number of hydrogen-bond donors (Lipinski definition) is 4. The Bertz CT molecular complexity index is 1060. The van der Waals surface area contributed by atoms with Crippen molar-refractivity contribution < 1.29 is 4.79 Å². The number of fused-ring (bicyclic) bond motifs is 1. The molecule has 0 radical (unpaired) electrons. The molecule has 0 saturated heterocycles. The van der Waals surface area contributed by atoms with Gasteiger partial charge < -0.3 is 22.2 Å². The van der Waals surface area contributed by atoms with Gasteiger partial charge in [-0.2, -0.15) is 0 Å². The summed E-state index contributed by atoms with van der Waals surface area (Å²) in [7, 11) is 0. The third-order valence-electron chi connectivity index (χ3n) is 4.08. The second-order valence-electron chi connectivity index (χ2n) is 5.81. The third-order valence-corrected chi connectivity index (χ3v) is 4.08. The number of carbonyl (C=O) groups is 1. The molecule has 0 saturated carbocycles. The molecule has 136 valence electrons. The van der Waals surface area contributed by atoms with Gasteiger partial charge in [-0.05, 0) is 41.6 Å². The van der Waals surface area contributed by atoms with Crippen LogP contribution in [-0.4, -0.2) is 27.1 Å². The standard InChI is InChI=1S/C19H19N7O/c1-2-11-4-6-23-9-13(11)16-7-12-8-17(24-10-14(12)18(22)25-16)26-19(27)15(21)3-5-20/h3-10,20H,2,21H2,1H3,(H2,22,25)(H,24,26,27). The van der Waals surface area contributed by atoms with Gasteiger partial charge in [-0.25, -0.2) is 9.97 Å². The number of anilines is 2. The van der Waals surface area contributed by atoms with E-state index in [4.69, 9.17) is 16.9 Å². The van der Waals surface area contributed by atoms with Gasteiger partial charge in [0.1, 0.15) is 11.6 Å². The van der Waals surface area contributed by atoms with Crippen LogP contribution in [-0.2, 0) is 11.2 Å². The first kappa shape index (κ1) is 18.0. The van der Waals surface area contributed by atoms with Crippen molar-refractivity contribution in [1.82, 2.24) is 15.0 Å². The van der Waals surface area contributed by atoms with Crippen LogP contribution >= 0.6 is 0 Å². The van der Waals surface area contributed by atoms with Crippen molar-refractivity contribution in [3.8, 4) is 11.3 Å². The fourth-order valence-electron chi connectivity index (χ4n) is 2.70. The molecule has 1 amide bonds. The normalized spacial score (nSPS) is 11.4. The van der Waals surface area contributed by atoms with Crippen molar-refractivity contribution in [2.24, 2.45) is 5.73 Å². The summed E-state index contributed by atoms with van der Waals surface area (Å²) >= 11 is 0. The van der Waals surface area contributed by atoms with Crippen LogP contribution in [0.15, 0.2) is 48.6 Å². The smallest absolute Gasteiger partial charge is 0.272 e. The summed E-state index contributed by atoms with van der Waals surface area (Å²) < 4.78 is 0. The maximum Gasteiger partial charge on any atom is 0.272 e. The van der Waals surface area contributed by atoms with Crippen LogP contribution in [0.5, 0.6) is 0 Å². The molecule has 0 aliphatic carbocycles. The zero-order chi connectivity index (χ0) is 19.4. The van der Waals surface area contributed by atoms with Crippen molar-refractivity contribution >= 4 is 34.5 Å². The number of amides is 1. The number of carbonyl (C=O) groups excluding carboxylic acids is 1. The number of nitrogen functional groups attached to an aromatic ring is 1. The number of hydrogen-bond acceptors (Lipinski definition) is 7. The SMILES string of the molecule is CCc1ccncc1-c1cc2cc(NC(=O)C(N)=CC=N)ncc2c(N)n1. The summed E-state index contributed by atoms with van der Waals surface area (Å²) in [4.78, 5) is 24.8. The molecule has 3 rings (SSSR count). The molecule has 0 spiro atoms. The van der Waals surface area contributed by atoms with Crippen LogP contribution in [0.25, 0.3) is 22.0 Å². The number of pyridine rings is 3. The largest absolute Gasteiger partial charge is 0.394 e. The van der Waals surface area contributed by atoms with Gasteiger partial charge in [0.15, 0.2) is 0 Å². The lowest BCUT2D eigenvalue weighted by Crippen LogP contribution is -2.20. The summed E-state index contributed by atoms with van der Waals surface area (Å²) in [6.07, 6.45) is 8.05. The first-order chi connectivity index (χ1) is 13.0. The zero-order valence-corrected chi connectivity index (χ0v) is 14.7. The van der Waals surface area contributed by atoms with Gasteiger partial charge in [-0.1, -0.05) is 6.92 Å². The van der Waals surface area contributed by atoms with Crippen LogP contribution in [0, 0.1) is 5.41 Å². The summed E-state index contributed by atoms with van der Waals surface area (Å²) in [5.74, 6) is 0.141. The lowest BCUT2D eigenvalue weighted by molar-refractivity contribution is -0.112. The monoisotopic (exact) mass is 361 g/mol. The number of aromatic nitrogens is 3. The van der Waals surface area contributed by atoms with E-state index >= 15 is 0 Å². The highest BCUT2D eigenvalue weighted by molar-refractivity contribution is 6.05. The van der Waals surface area contributed by atoms with Gasteiger partial charge in [0.25, 0.3) is 5.91 Å². The molecule has 8 nitrogen and oxygen atoms in total. The van der Waals surface area contributed by atoms with Crippen LogP contribution < -0.4 is 16.8 Å². The van der Waals surface area contributed by atoms with Crippen molar-refractivity contribution in [3.63, 3.8) is 0 Å². The quantitative estimate of drug-likeness (QED) is 0.405. The minimum absolute atomic E-state index is 0.0789. The summed E-state index contributed by atoms with van der Waals surface area (Å²) in [5.41, 5.74) is 14.3. The highest BCUT2D eigenvalue weighted by Crippen LogP contribution is 2.29. The summed E-state index contributed by atoms with van der Waals surface area (Å²) in [6, 6.07) is 5.54. The predicted octanol–water partition coefficient (Wildman–Crippen LogP) is 2.27. The second kappa shape index (κ2) is 7.61. The molecule has 8 heteroatoms. The average Bonchev–Trinajstić information content (AvgIpc) is 2.67. The second-order valence-corrected chi connectivity index (χ2v) is 5.81. The summed E-state index contributed by atoms with van der Waals surface area (Å²) in [6.45, 7) is 2.06. The molecule has 3 aromatic rings. The van der Waals surface area contributed by atoms with Gasteiger partial charge >= 0.3 is 0 Å². The molecule has 0 aliphatic heterocycles. The van der Waals surface area contributed by atoms with E-state index in [0.717, 1.165) is 29.1 Å². The lowest BCUT2D eigenvalue weighted by Gasteiger charge is -2.11. The molecule has 0 unspecified atom stereocenters. The molecule has 3 aromatic heterocycles. The topological polar surface area (TPSA) is 144 Å². The number of nitrogens with two attached hydrogens (primary N) is 2. The van der Waals surface area contributed by atoms with E-state index in [1.165, 1.54) is 6.08 Å². The fourth-order valence-corrected chi connectivity index (χ4v) is 2.70. The van der Waals surface area contributed by atoms with Crippen LogP contribution in [0.4, 0.5) is 11.6 Å². The molecule has 0 atom stereocenters. The van der Waals surface area contributed by atoms with Gasteiger partial charge in [-0.15, -0.1) is 0 Å². The van der Waals surface area contributed by atoms with E-state index in [9.17, 15) is 4.79 Å². The highest BCUT2D eigenvalue weighted by atomic mass is 16.2. The molecular formula is C19H19N7O. The molecule has 0 aliphatic rings. The molecule has 0 aromatic carbocycles. The van der Waals surface area contributed by atoms with E-state index in [-0.39, 0.29) is 5.70 Å². The first-order valence-electron chi connectivity index (χ1n) is 8.30. The average molecular weight is 361 g/mol. The van der Waals surface area contributed by atoms with E-state index < -0.39 is 5.91 Å². The first-order valence-corrected chi connectivity index (χ1v) is 8.30. The Morgan fingerprint density at radius 3 is 2.89 bits per heavy atom. The van der Waals surface area contributed by atoms with Crippen molar-refractivity contribution in [2.75, 3.05) is 11.1 Å². The Balaban J connectivity index is 2.04. The molecule has 3 heterocycles. The van der Waals surface area contributed by atoms with Crippen molar-refractivity contribution in [2.45, 2.75) is 13.3 Å². The van der Waals surface area contributed by atoms with Gasteiger partial charge in [0.05, 0.1) is 11.4 Å². The number of allylic oxidation sites excluding steroid dienone is 1. The van der Waals surface area contributed by atoms with Crippen molar-refractivity contribution in [3.05, 3.63) is 54.1 Å². The van der Waals surface area contributed by atoms with Crippen LogP contribution in [0.3, 0.4) is 0 Å². The van der Waals surface area contributed by atoms with Crippen molar-refractivity contribution in [1.29, 1.82) is 5.41 Å². The molecule has 0 bridgehead atoms. The van der Waals surface area contributed by atoms with E-state index in [1.54, 1.807) is 24.7 Å². The Morgan fingerprint density at radius 1 is 1.33 bits per heavy atom. The number of rotatable bonds is 5. The molecule has 0 fully saturated rings. The zero-order valence-electron chi connectivity index (χ0n) is 14.7. The maximum atomic E-state index is 12.0. The minimum atomic E-state index is -0.534. The minimum Gasteiger partial charge on any atom is -0.394 e. The highest BCUT2D eigenvalue weighted by Gasteiger charge is 2.12. The van der Waals surface area contributed by atoms with E-state index in [1.807, 2.05) is 12.1 Å². The van der Waals surface area contributed by atoms with E-state index in [2.05, 4.69) is 27.2 Å². The van der Waals surface area contributed by atoms with Crippen LogP contribution in [0.2, 0.25) is 0 Å². The predicted molar refractivity (Wildman–Crippen MR) is 106 cm³/mol. The van der Waals surface area contributed by atoms with E-state index in [0.29, 0.717) is 22.7 Å². The Hall–Kier alpha value is -3.81. The van der Waals surface area contributed by atoms with Crippen LogP contribution in [0.1, 0.15) is 12.5 Å². The molecular weight excluding hydrogens is 342 g/mol. The number of nitrogens with zero attached hydrogens (tertiary/aromatic N) is 3.